The van der Waals surface area contributed by atoms with Crippen molar-refractivity contribution >= 4 is 11.0 Å². The molecule has 0 bridgehead atoms. The summed E-state index contributed by atoms with van der Waals surface area (Å²) < 4.78 is 2.34. The van der Waals surface area contributed by atoms with Gasteiger partial charge in [-0.25, -0.2) is 19.9 Å². The van der Waals surface area contributed by atoms with Crippen LogP contribution >= 0.6 is 0 Å². The molecule has 0 aliphatic carbocycles. The lowest BCUT2D eigenvalue weighted by atomic mass is 9.94. The van der Waals surface area contributed by atoms with Gasteiger partial charge in [-0.05, 0) is 46.5 Å². The molecule has 0 amide bonds. The molecule has 0 N–H and O–H groups in total. The van der Waals surface area contributed by atoms with Crippen molar-refractivity contribution in [2.24, 2.45) is 0 Å². The Morgan fingerprint density at radius 2 is 0.765 bits per heavy atom. The maximum atomic E-state index is 5.28. The molecule has 1 aliphatic heterocycles. The van der Waals surface area contributed by atoms with Crippen LogP contribution in [0.1, 0.15) is 0 Å². The van der Waals surface area contributed by atoms with Gasteiger partial charge in [0.2, 0.25) is 0 Å². The van der Waals surface area contributed by atoms with E-state index in [2.05, 4.69) is 120 Å². The average Bonchev–Trinajstić information content (AvgIpc) is 3.56. The summed E-state index contributed by atoms with van der Waals surface area (Å²) in [6.07, 6.45) is 0. The van der Waals surface area contributed by atoms with E-state index in [4.69, 9.17) is 19.9 Å². The first-order chi connectivity index (χ1) is 25.3. The van der Waals surface area contributed by atoms with Crippen LogP contribution in [0.4, 0.5) is 0 Å². The van der Waals surface area contributed by atoms with Crippen LogP contribution in [0.15, 0.2) is 176 Å². The lowest BCUT2D eigenvalue weighted by molar-refractivity contribution is 1.07. The van der Waals surface area contributed by atoms with Crippen molar-refractivity contribution in [2.75, 3.05) is 0 Å². The summed E-state index contributed by atoms with van der Waals surface area (Å²) >= 11 is 0. The fourth-order valence-corrected chi connectivity index (χ4v) is 7.23. The van der Waals surface area contributed by atoms with Gasteiger partial charge in [0.25, 0.3) is 0 Å². The first kappa shape index (κ1) is 29.0. The van der Waals surface area contributed by atoms with E-state index in [1.165, 1.54) is 22.3 Å². The first-order valence-electron chi connectivity index (χ1n) is 17.1. The van der Waals surface area contributed by atoms with Gasteiger partial charge in [-0.1, -0.05) is 152 Å². The molecule has 0 unspecified atom stereocenters. The van der Waals surface area contributed by atoms with Crippen LogP contribution in [0.5, 0.6) is 0 Å². The Morgan fingerprint density at radius 1 is 0.314 bits per heavy atom. The highest BCUT2D eigenvalue weighted by Crippen LogP contribution is 2.45. The van der Waals surface area contributed by atoms with Crippen LogP contribution in [0.3, 0.4) is 0 Å². The summed E-state index contributed by atoms with van der Waals surface area (Å²) in [6, 6.07) is 61.0. The van der Waals surface area contributed by atoms with Crippen molar-refractivity contribution in [1.29, 1.82) is 0 Å². The minimum atomic E-state index is 0.629. The summed E-state index contributed by atoms with van der Waals surface area (Å²) in [4.78, 5) is 20.1. The standard InChI is InChI=1S/C46H29N5/c1-3-14-30(15-4-1)43-48-44(31-16-5-2-6-17-31)50-45(49-43)34-20-11-18-32(28-34)33-19-12-21-35(29-33)46-47-40-26-13-25-39-37-23-8-7-22-36(37)38-24-9-10-27-41(38)51(46)42(39)40/h1-29H. The molecule has 9 aromatic rings. The molecular weight excluding hydrogens is 623 g/mol. The third-order valence-electron chi connectivity index (χ3n) is 9.60. The molecular formula is C46H29N5. The minimum Gasteiger partial charge on any atom is -0.291 e. The largest absolute Gasteiger partial charge is 0.291 e. The fraction of sp³-hybridized carbons (Fsp3) is 0. The number of hydrogen-bond acceptors (Lipinski definition) is 4. The van der Waals surface area contributed by atoms with Crippen LogP contribution in [-0.2, 0) is 0 Å². The van der Waals surface area contributed by atoms with Gasteiger partial charge in [0.1, 0.15) is 5.82 Å². The average molecular weight is 652 g/mol. The van der Waals surface area contributed by atoms with Gasteiger partial charge in [-0.15, -0.1) is 0 Å². The van der Waals surface area contributed by atoms with E-state index in [9.17, 15) is 0 Å². The Bertz CT molecular complexity index is 2690. The van der Waals surface area contributed by atoms with E-state index in [-0.39, 0.29) is 0 Å². The van der Waals surface area contributed by atoms with Crippen molar-refractivity contribution < 1.29 is 0 Å². The molecule has 0 spiro atoms. The van der Waals surface area contributed by atoms with Crippen LogP contribution in [0.25, 0.3) is 95.7 Å². The second-order valence-corrected chi connectivity index (χ2v) is 12.7. The zero-order valence-corrected chi connectivity index (χ0v) is 27.5. The van der Waals surface area contributed by atoms with E-state index in [1.54, 1.807) is 0 Å². The number of benzene rings is 7. The van der Waals surface area contributed by atoms with Crippen molar-refractivity contribution in [2.45, 2.75) is 0 Å². The lowest BCUT2D eigenvalue weighted by Crippen LogP contribution is -2.00. The van der Waals surface area contributed by atoms with Gasteiger partial charge >= 0.3 is 0 Å². The van der Waals surface area contributed by atoms with Gasteiger partial charge in [0.05, 0.1) is 16.7 Å². The van der Waals surface area contributed by atoms with Crippen molar-refractivity contribution in [3.8, 4) is 84.6 Å². The van der Waals surface area contributed by atoms with Gasteiger partial charge in [0.15, 0.2) is 17.5 Å². The third-order valence-corrected chi connectivity index (χ3v) is 9.60. The Labute approximate surface area is 295 Å². The Morgan fingerprint density at radius 3 is 1.43 bits per heavy atom. The highest BCUT2D eigenvalue weighted by Gasteiger charge is 2.25. The molecule has 0 saturated heterocycles. The zero-order valence-electron chi connectivity index (χ0n) is 27.5. The predicted octanol–water partition coefficient (Wildman–Crippen LogP) is 11.2. The van der Waals surface area contributed by atoms with E-state index in [1.807, 2.05) is 60.7 Å². The number of hydrogen-bond donors (Lipinski definition) is 0. The van der Waals surface area contributed by atoms with E-state index in [0.717, 1.165) is 55.9 Å². The molecule has 0 saturated carbocycles. The number of aromatic nitrogens is 5. The van der Waals surface area contributed by atoms with Gasteiger partial charge in [-0.3, -0.25) is 4.57 Å². The third kappa shape index (κ3) is 4.94. The van der Waals surface area contributed by atoms with Crippen molar-refractivity contribution in [1.82, 2.24) is 24.5 Å². The van der Waals surface area contributed by atoms with Crippen LogP contribution < -0.4 is 0 Å². The number of nitrogens with zero attached hydrogens (tertiary/aromatic N) is 5. The number of fused-ring (bicyclic) bond motifs is 5. The molecule has 3 heterocycles. The molecule has 51 heavy (non-hydrogen) atoms. The van der Waals surface area contributed by atoms with Crippen LogP contribution in [0.2, 0.25) is 0 Å². The highest BCUT2D eigenvalue weighted by atomic mass is 15.1. The van der Waals surface area contributed by atoms with Crippen molar-refractivity contribution in [3.05, 3.63) is 176 Å². The molecule has 0 radical (unpaired) electrons. The van der Waals surface area contributed by atoms with Gasteiger partial charge < -0.3 is 0 Å². The number of para-hydroxylation sites is 2. The molecule has 0 atom stereocenters. The van der Waals surface area contributed by atoms with Crippen LogP contribution in [0, 0.1) is 0 Å². The van der Waals surface area contributed by atoms with E-state index >= 15 is 0 Å². The Kier molecular flexibility index (Phi) is 6.74. The Balaban J connectivity index is 1.11. The second-order valence-electron chi connectivity index (χ2n) is 12.7. The van der Waals surface area contributed by atoms with Crippen molar-refractivity contribution in [3.63, 3.8) is 0 Å². The number of imidazole rings is 1. The molecule has 7 aromatic carbocycles. The zero-order chi connectivity index (χ0) is 33.7. The fourth-order valence-electron chi connectivity index (χ4n) is 7.23. The summed E-state index contributed by atoms with van der Waals surface area (Å²) in [7, 11) is 0. The maximum Gasteiger partial charge on any atom is 0.164 e. The molecule has 238 valence electrons. The summed E-state index contributed by atoms with van der Waals surface area (Å²) in [5, 5.41) is 0. The molecule has 10 rings (SSSR count). The van der Waals surface area contributed by atoms with E-state index < -0.39 is 0 Å². The van der Waals surface area contributed by atoms with Gasteiger partial charge in [-0.2, -0.15) is 0 Å². The minimum absolute atomic E-state index is 0.629. The summed E-state index contributed by atoms with van der Waals surface area (Å²) in [6.45, 7) is 0. The molecule has 5 heteroatoms. The quantitative estimate of drug-likeness (QED) is 0.186. The molecule has 2 aromatic heterocycles. The summed E-state index contributed by atoms with van der Waals surface area (Å²) in [5.41, 5.74) is 14.0. The van der Waals surface area contributed by atoms with Crippen LogP contribution in [-0.4, -0.2) is 24.5 Å². The topological polar surface area (TPSA) is 56.5 Å². The SMILES string of the molecule is c1ccc(-c2nc(-c3ccccc3)nc(-c3cccc(-c4cccc(-c5nc6cccc7c6n5-c5ccccc5-c5ccccc5-7)c4)c3)n2)cc1. The predicted molar refractivity (Wildman–Crippen MR) is 206 cm³/mol. The second kappa shape index (κ2) is 11.9. The molecule has 1 aliphatic rings. The normalized spacial score (nSPS) is 11.5. The lowest BCUT2D eigenvalue weighted by Gasteiger charge is -2.14. The van der Waals surface area contributed by atoms with Gasteiger partial charge in [0, 0.05) is 33.4 Å². The highest BCUT2D eigenvalue weighted by molar-refractivity contribution is 6.03. The first-order valence-corrected chi connectivity index (χ1v) is 17.1. The molecule has 5 nitrogen and oxygen atoms in total. The smallest absolute Gasteiger partial charge is 0.164 e. The number of rotatable bonds is 5. The summed E-state index contributed by atoms with van der Waals surface area (Å²) in [5.74, 6) is 2.83. The van der Waals surface area contributed by atoms with E-state index in [0.29, 0.717) is 17.5 Å². The monoisotopic (exact) mass is 651 g/mol. The molecule has 0 fully saturated rings. The Hall–Kier alpha value is -6.98. The maximum absolute atomic E-state index is 5.28.